The number of pyridine rings is 1. The van der Waals surface area contributed by atoms with Gasteiger partial charge in [0.2, 0.25) is 5.91 Å². The molecule has 4 nitrogen and oxygen atoms in total. The van der Waals surface area contributed by atoms with Crippen LogP contribution in [0.2, 0.25) is 0 Å². The maximum absolute atomic E-state index is 13.2. The van der Waals surface area contributed by atoms with Crippen molar-refractivity contribution in [3.05, 3.63) is 59.9 Å². The summed E-state index contributed by atoms with van der Waals surface area (Å²) in [6.07, 6.45) is 6.21. The van der Waals surface area contributed by atoms with E-state index in [0.717, 1.165) is 49.2 Å². The van der Waals surface area contributed by atoms with Crippen molar-refractivity contribution in [3.63, 3.8) is 0 Å². The number of hydrogen-bond acceptors (Lipinski definition) is 3. The molecule has 2 aromatic rings. The second-order valence-electron chi connectivity index (χ2n) is 6.20. The van der Waals surface area contributed by atoms with Crippen molar-refractivity contribution >= 4 is 11.6 Å². The maximum Gasteiger partial charge on any atom is 0.233 e. The zero-order valence-electron chi connectivity index (χ0n) is 13.0. The van der Waals surface area contributed by atoms with Crippen LogP contribution in [0, 0.1) is 5.92 Å². The molecule has 2 aliphatic rings. The van der Waals surface area contributed by atoms with Crippen LogP contribution in [-0.4, -0.2) is 24.0 Å². The van der Waals surface area contributed by atoms with Gasteiger partial charge in [-0.3, -0.25) is 9.78 Å². The van der Waals surface area contributed by atoms with Gasteiger partial charge in [0.1, 0.15) is 0 Å². The number of carbonyl (C=O) groups excluding carboxylic acids is 1. The van der Waals surface area contributed by atoms with Crippen molar-refractivity contribution in [1.82, 2.24) is 4.98 Å². The summed E-state index contributed by atoms with van der Waals surface area (Å²) in [4.78, 5) is 19.3. The average Bonchev–Trinajstić information content (AvgIpc) is 3.06. The number of amides is 1. The van der Waals surface area contributed by atoms with Gasteiger partial charge < -0.3 is 9.64 Å². The van der Waals surface area contributed by atoms with Gasteiger partial charge in [-0.15, -0.1) is 0 Å². The Morgan fingerprint density at radius 1 is 1.22 bits per heavy atom. The fraction of sp³-hybridized carbons (Fsp3) is 0.368. The SMILES string of the molecule is O=C([C@@H]1CCCO[C@H]1c1ccccc1)N1CCc2cnccc21. The van der Waals surface area contributed by atoms with Crippen LogP contribution in [0.1, 0.15) is 30.1 Å². The van der Waals surface area contributed by atoms with Crippen molar-refractivity contribution in [3.8, 4) is 0 Å². The first kappa shape index (κ1) is 14.4. The minimum Gasteiger partial charge on any atom is -0.373 e. The highest BCUT2D eigenvalue weighted by atomic mass is 16.5. The molecule has 2 atom stereocenters. The highest BCUT2D eigenvalue weighted by molar-refractivity contribution is 5.97. The van der Waals surface area contributed by atoms with Crippen LogP contribution < -0.4 is 4.90 Å². The molecule has 4 rings (SSSR count). The first-order valence-corrected chi connectivity index (χ1v) is 8.25. The van der Waals surface area contributed by atoms with E-state index in [2.05, 4.69) is 17.1 Å². The third kappa shape index (κ3) is 2.63. The molecular formula is C19H20N2O2. The van der Waals surface area contributed by atoms with Gasteiger partial charge in [0.15, 0.2) is 0 Å². The van der Waals surface area contributed by atoms with Gasteiger partial charge in [-0.2, -0.15) is 0 Å². The summed E-state index contributed by atoms with van der Waals surface area (Å²) >= 11 is 0. The Balaban J connectivity index is 1.62. The maximum atomic E-state index is 13.2. The highest BCUT2D eigenvalue weighted by Gasteiger charge is 2.37. The second kappa shape index (κ2) is 6.13. The number of carbonyl (C=O) groups is 1. The lowest BCUT2D eigenvalue weighted by molar-refractivity contribution is -0.131. The minimum absolute atomic E-state index is 0.106. The first-order valence-electron chi connectivity index (χ1n) is 8.25. The number of benzene rings is 1. The van der Waals surface area contributed by atoms with E-state index in [4.69, 9.17) is 4.74 Å². The van der Waals surface area contributed by atoms with Crippen molar-refractivity contribution in [2.24, 2.45) is 5.92 Å². The number of aromatic nitrogens is 1. The molecule has 1 fully saturated rings. The fourth-order valence-electron chi connectivity index (χ4n) is 3.66. The lowest BCUT2D eigenvalue weighted by atomic mass is 9.88. The predicted molar refractivity (Wildman–Crippen MR) is 88.2 cm³/mol. The van der Waals surface area contributed by atoms with E-state index in [9.17, 15) is 4.79 Å². The number of ether oxygens (including phenoxy) is 1. The van der Waals surface area contributed by atoms with Crippen LogP contribution in [0.4, 0.5) is 5.69 Å². The highest BCUT2D eigenvalue weighted by Crippen LogP contribution is 2.37. The molecular weight excluding hydrogens is 288 g/mol. The Hall–Kier alpha value is -2.20. The predicted octanol–water partition coefficient (Wildman–Crippen LogP) is 3.14. The van der Waals surface area contributed by atoms with Crippen molar-refractivity contribution in [2.75, 3.05) is 18.1 Å². The Morgan fingerprint density at radius 3 is 2.96 bits per heavy atom. The van der Waals surface area contributed by atoms with Gasteiger partial charge in [-0.1, -0.05) is 30.3 Å². The molecule has 0 unspecified atom stereocenters. The Morgan fingerprint density at radius 2 is 2.09 bits per heavy atom. The van der Waals surface area contributed by atoms with Crippen LogP contribution in [-0.2, 0) is 16.0 Å². The lowest BCUT2D eigenvalue weighted by Crippen LogP contribution is -2.40. The van der Waals surface area contributed by atoms with Gasteiger partial charge in [0.05, 0.1) is 12.0 Å². The molecule has 2 aliphatic heterocycles. The van der Waals surface area contributed by atoms with Crippen LogP contribution in [0.3, 0.4) is 0 Å². The summed E-state index contributed by atoms with van der Waals surface area (Å²) < 4.78 is 5.99. The molecule has 1 aromatic carbocycles. The van der Waals surface area contributed by atoms with Crippen LogP contribution in [0.15, 0.2) is 48.8 Å². The molecule has 4 heteroatoms. The third-order valence-electron chi connectivity index (χ3n) is 4.81. The second-order valence-corrected chi connectivity index (χ2v) is 6.20. The number of rotatable bonds is 2. The van der Waals surface area contributed by atoms with Crippen LogP contribution >= 0.6 is 0 Å². The van der Waals surface area contributed by atoms with E-state index in [1.807, 2.05) is 35.4 Å². The molecule has 0 saturated carbocycles. The van der Waals surface area contributed by atoms with E-state index in [-0.39, 0.29) is 17.9 Å². The molecule has 3 heterocycles. The number of nitrogens with zero attached hydrogens (tertiary/aromatic N) is 2. The lowest BCUT2D eigenvalue weighted by Gasteiger charge is -2.34. The molecule has 23 heavy (non-hydrogen) atoms. The molecule has 0 N–H and O–H groups in total. The standard InChI is InChI=1S/C19H20N2O2/c22-19(21-11-9-15-13-20-10-8-17(15)21)16-7-4-12-23-18(16)14-5-2-1-3-6-14/h1-3,5-6,8,10,13,16,18H,4,7,9,11-12H2/t16-,18+/m1/s1. The summed E-state index contributed by atoms with van der Waals surface area (Å²) in [5.74, 6) is 0.0776. The monoisotopic (exact) mass is 308 g/mol. The largest absolute Gasteiger partial charge is 0.373 e. The number of hydrogen-bond donors (Lipinski definition) is 0. The smallest absolute Gasteiger partial charge is 0.233 e. The third-order valence-corrected chi connectivity index (χ3v) is 4.81. The Labute approximate surface area is 136 Å². The summed E-state index contributed by atoms with van der Waals surface area (Å²) in [6, 6.07) is 12.1. The van der Waals surface area contributed by atoms with E-state index in [1.54, 1.807) is 6.20 Å². The summed E-state index contributed by atoms with van der Waals surface area (Å²) in [6.45, 7) is 1.47. The van der Waals surface area contributed by atoms with E-state index < -0.39 is 0 Å². The van der Waals surface area contributed by atoms with Gasteiger partial charge in [0, 0.05) is 31.2 Å². The molecule has 0 spiro atoms. The van der Waals surface area contributed by atoms with Crippen LogP contribution in [0.5, 0.6) is 0 Å². The van der Waals surface area contributed by atoms with Gasteiger partial charge >= 0.3 is 0 Å². The molecule has 1 amide bonds. The fourth-order valence-corrected chi connectivity index (χ4v) is 3.66. The van der Waals surface area contributed by atoms with E-state index >= 15 is 0 Å². The average molecular weight is 308 g/mol. The normalized spacial score (nSPS) is 23.6. The van der Waals surface area contributed by atoms with Crippen molar-refractivity contribution in [2.45, 2.75) is 25.4 Å². The summed E-state index contributed by atoms with van der Waals surface area (Å²) in [5.41, 5.74) is 3.27. The van der Waals surface area contributed by atoms with Crippen molar-refractivity contribution in [1.29, 1.82) is 0 Å². The zero-order valence-corrected chi connectivity index (χ0v) is 13.0. The first-order chi connectivity index (χ1) is 11.3. The Kier molecular flexibility index (Phi) is 3.83. The zero-order chi connectivity index (χ0) is 15.6. The molecule has 1 saturated heterocycles. The van der Waals surface area contributed by atoms with E-state index in [0.29, 0.717) is 0 Å². The van der Waals surface area contributed by atoms with Crippen LogP contribution in [0.25, 0.3) is 0 Å². The number of fused-ring (bicyclic) bond motifs is 1. The summed E-state index contributed by atoms with van der Waals surface area (Å²) in [7, 11) is 0. The summed E-state index contributed by atoms with van der Waals surface area (Å²) in [5, 5.41) is 0. The van der Waals surface area contributed by atoms with Gasteiger partial charge in [-0.25, -0.2) is 0 Å². The molecule has 0 radical (unpaired) electrons. The number of anilines is 1. The minimum atomic E-state index is -0.136. The topological polar surface area (TPSA) is 42.4 Å². The quantitative estimate of drug-likeness (QED) is 0.856. The van der Waals surface area contributed by atoms with Gasteiger partial charge in [-0.05, 0) is 36.5 Å². The molecule has 1 aromatic heterocycles. The molecule has 0 bridgehead atoms. The van der Waals surface area contributed by atoms with Gasteiger partial charge in [0.25, 0.3) is 0 Å². The molecule has 118 valence electrons. The Bertz CT molecular complexity index is 702. The van der Waals surface area contributed by atoms with E-state index in [1.165, 1.54) is 0 Å². The molecule has 0 aliphatic carbocycles. The van der Waals surface area contributed by atoms with Crippen molar-refractivity contribution < 1.29 is 9.53 Å².